The lowest BCUT2D eigenvalue weighted by atomic mass is 9.46. The second-order valence-corrected chi connectivity index (χ2v) is 8.05. The first-order valence-electron chi connectivity index (χ1n) is 8.83. The van der Waals surface area contributed by atoms with Crippen molar-refractivity contribution < 1.29 is 14.3 Å². The highest BCUT2D eigenvalue weighted by Gasteiger charge is 2.55. The highest BCUT2D eigenvalue weighted by Crippen LogP contribution is 2.61. The summed E-state index contributed by atoms with van der Waals surface area (Å²) in [5.41, 5.74) is 1.91. The van der Waals surface area contributed by atoms with E-state index in [-0.39, 0.29) is 10.8 Å². The van der Waals surface area contributed by atoms with Crippen molar-refractivity contribution in [2.24, 2.45) is 22.7 Å². The molecule has 0 aromatic carbocycles. The topological polar surface area (TPSA) is 50.4 Å². The van der Waals surface area contributed by atoms with E-state index >= 15 is 0 Å². The van der Waals surface area contributed by atoms with Crippen LogP contribution in [0.15, 0.2) is 34.7 Å². The molecule has 1 fully saturated rings. The summed E-state index contributed by atoms with van der Waals surface area (Å²) in [5, 5.41) is 9.68. The third-order valence-corrected chi connectivity index (χ3v) is 6.97. The van der Waals surface area contributed by atoms with Gasteiger partial charge < -0.3 is 9.52 Å². The van der Waals surface area contributed by atoms with E-state index in [0.29, 0.717) is 17.4 Å². The fourth-order valence-electron chi connectivity index (χ4n) is 5.29. The van der Waals surface area contributed by atoms with E-state index in [4.69, 9.17) is 4.42 Å². The van der Waals surface area contributed by atoms with E-state index in [1.54, 1.807) is 6.26 Å². The predicted octanol–water partition coefficient (Wildman–Crippen LogP) is 5.08. The lowest BCUT2D eigenvalue weighted by molar-refractivity contribution is -0.137. The van der Waals surface area contributed by atoms with Crippen LogP contribution in [-0.4, -0.2) is 11.1 Å². The average Bonchev–Trinajstić information content (AvgIpc) is 3.02. The first kappa shape index (κ1) is 16.4. The van der Waals surface area contributed by atoms with Crippen LogP contribution >= 0.6 is 0 Å². The first-order valence-corrected chi connectivity index (χ1v) is 8.83. The standard InChI is InChI=1S/C20H28O3/c1-14-7-10-20(3)16(18(21)22)5-4-6-17(20)19(14,2)11-8-15-9-12-23-13-15/h5,9,12-14,17H,4,6-8,10-11H2,1-3H3,(H,21,22)/t14-,17-,19-,20+/m1/s1. The third-order valence-electron chi connectivity index (χ3n) is 6.97. The van der Waals surface area contributed by atoms with Gasteiger partial charge in [0.15, 0.2) is 0 Å². The number of fused-ring (bicyclic) bond motifs is 1. The number of hydrogen-bond acceptors (Lipinski definition) is 2. The van der Waals surface area contributed by atoms with Gasteiger partial charge in [0.25, 0.3) is 0 Å². The summed E-state index contributed by atoms with van der Waals surface area (Å²) < 4.78 is 5.20. The SMILES string of the molecule is C[C@@H]1CC[C@@]2(C)C(C(=O)O)=CCC[C@@H]2[C@]1(C)CCc1ccoc1. The third kappa shape index (κ3) is 2.64. The van der Waals surface area contributed by atoms with Gasteiger partial charge >= 0.3 is 5.97 Å². The van der Waals surface area contributed by atoms with E-state index in [2.05, 4.69) is 20.8 Å². The van der Waals surface area contributed by atoms with Gasteiger partial charge in [-0.3, -0.25) is 0 Å². The summed E-state index contributed by atoms with van der Waals surface area (Å²) in [6, 6.07) is 2.04. The molecule has 0 spiro atoms. The molecule has 1 aromatic heterocycles. The predicted molar refractivity (Wildman–Crippen MR) is 90.1 cm³/mol. The van der Waals surface area contributed by atoms with Crippen LogP contribution in [0.5, 0.6) is 0 Å². The molecule has 23 heavy (non-hydrogen) atoms. The van der Waals surface area contributed by atoms with Crippen molar-refractivity contribution in [3.63, 3.8) is 0 Å². The van der Waals surface area contributed by atoms with Crippen LogP contribution in [0.2, 0.25) is 0 Å². The molecule has 2 aliphatic carbocycles. The minimum absolute atomic E-state index is 0.179. The van der Waals surface area contributed by atoms with Gasteiger partial charge in [0.05, 0.1) is 12.5 Å². The molecule has 3 nitrogen and oxygen atoms in total. The van der Waals surface area contributed by atoms with Gasteiger partial charge in [0.1, 0.15) is 0 Å². The monoisotopic (exact) mass is 316 g/mol. The summed E-state index contributed by atoms with van der Waals surface area (Å²) in [6.07, 6.45) is 11.8. The number of carboxylic acids is 1. The van der Waals surface area contributed by atoms with Gasteiger partial charge in [-0.25, -0.2) is 4.79 Å². The Labute approximate surface area is 138 Å². The average molecular weight is 316 g/mol. The van der Waals surface area contributed by atoms with Gasteiger partial charge in [-0.05, 0) is 67.4 Å². The lowest BCUT2D eigenvalue weighted by Gasteiger charge is -2.57. The number of carbonyl (C=O) groups is 1. The van der Waals surface area contributed by atoms with Crippen molar-refractivity contribution in [3.05, 3.63) is 35.8 Å². The van der Waals surface area contributed by atoms with Crippen LogP contribution in [0.1, 0.15) is 58.4 Å². The largest absolute Gasteiger partial charge is 0.478 e. The number of rotatable bonds is 4. The summed E-state index contributed by atoms with van der Waals surface area (Å²) >= 11 is 0. The Morgan fingerprint density at radius 1 is 1.39 bits per heavy atom. The zero-order valence-electron chi connectivity index (χ0n) is 14.5. The number of furan rings is 1. The van der Waals surface area contributed by atoms with E-state index in [9.17, 15) is 9.90 Å². The molecule has 0 saturated heterocycles. The smallest absolute Gasteiger partial charge is 0.331 e. The first-order chi connectivity index (χ1) is 10.9. The fraction of sp³-hybridized carbons (Fsp3) is 0.650. The quantitative estimate of drug-likeness (QED) is 0.843. The molecule has 0 amide bonds. The molecule has 1 aromatic rings. The van der Waals surface area contributed by atoms with Crippen molar-refractivity contribution in [2.75, 3.05) is 0 Å². The maximum absolute atomic E-state index is 11.8. The highest BCUT2D eigenvalue weighted by atomic mass is 16.4. The van der Waals surface area contributed by atoms with E-state index in [0.717, 1.165) is 38.5 Å². The van der Waals surface area contributed by atoms with Crippen molar-refractivity contribution in [3.8, 4) is 0 Å². The van der Waals surface area contributed by atoms with Crippen molar-refractivity contribution in [1.82, 2.24) is 0 Å². The Kier molecular flexibility index (Phi) is 4.16. The van der Waals surface area contributed by atoms with Crippen LogP contribution in [0.3, 0.4) is 0 Å². The molecule has 126 valence electrons. The number of aliphatic carboxylic acids is 1. The maximum atomic E-state index is 11.8. The summed E-state index contributed by atoms with van der Waals surface area (Å²) in [5.74, 6) is 0.353. The lowest BCUT2D eigenvalue weighted by Crippen LogP contribution is -2.51. The molecule has 1 N–H and O–H groups in total. The van der Waals surface area contributed by atoms with Crippen LogP contribution in [-0.2, 0) is 11.2 Å². The van der Waals surface area contributed by atoms with E-state index in [1.165, 1.54) is 5.56 Å². The zero-order chi connectivity index (χ0) is 16.7. The molecule has 3 rings (SSSR count). The minimum Gasteiger partial charge on any atom is -0.478 e. The summed E-state index contributed by atoms with van der Waals surface area (Å²) in [6.45, 7) is 6.94. The Bertz CT molecular complexity index is 600. The minimum atomic E-state index is -0.719. The second-order valence-electron chi connectivity index (χ2n) is 8.05. The van der Waals surface area contributed by atoms with E-state index in [1.807, 2.05) is 18.4 Å². The molecule has 0 bridgehead atoms. The van der Waals surface area contributed by atoms with Crippen molar-refractivity contribution >= 4 is 5.97 Å². The number of hydrogen-bond donors (Lipinski definition) is 1. The molecular weight excluding hydrogens is 288 g/mol. The van der Waals surface area contributed by atoms with Gasteiger partial charge in [0, 0.05) is 11.0 Å². The molecule has 4 atom stereocenters. The van der Waals surface area contributed by atoms with Crippen molar-refractivity contribution in [2.45, 2.75) is 59.3 Å². The fourth-order valence-corrected chi connectivity index (χ4v) is 5.29. The molecule has 1 saturated carbocycles. The maximum Gasteiger partial charge on any atom is 0.331 e. The van der Waals surface area contributed by atoms with E-state index < -0.39 is 5.97 Å². The Hall–Kier alpha value is -1.51. The van der Waals surface area contributed by atoms with Gasteiger partial charge in [0.2, 0.25) is 0 Å². The molecule has 1 heterocycles. The molecule has 3 heteroatoms. The summed E-state index contributed by atoms with van der Waals surface area (Å²) in [4.78, 5) is 11.8. The number of allylic oxidation sites excluding steroid dienone is 1. The van der Waals surface area contributed by atoms with Gasteiger partial charge in [-0.1, -0.05) is 26.8 Å². The van der Waals surface area contributed by atoms with Gasteiger partial charge in [-0.15, -0.1) is 0 Å². The Balaban J connectivity index is 1.89. The number of aryl methyl sites for hydroxylation is 1. The van der Waals surface area contributed by atoms with Crippen LogP contribution in [0.4, 0.5) is 0 Å². The number of carboxylic acid groups (broad SMARTS) is 1. The van der Waals surface area contributed by atoms with Crippen LogP contribution < -0.4 is 0 Å². The summed E-state index contributed by atoms with van der Waals surface area (Å²) in [7, 11) is 0. The van der Waals surface area contributed by atoms with Crippen LogP contribution in [0, 0.1) is 22.7 Å². The zero-order valence-corrected chi connectivity index (χ0v) is 14.5. The molecule has 0 unspecified atom stereocenters. The second kappa shape index (κ2) is 5.85. The highest BCUT2D eigenvalue weighted by molar-refractivity contribution is 5.88. The van der Waals surface area contributed by atoms with Gasteiger partial charge in [-0.2, -0.15) is 0 Å². The molecule has 2 aliphatic rings. The Morgan fingerprint density at radius 2 is 2.17 bits per heavy atom. The normalized spacial score (nSPS) is 37.1. The Morgan fingerprint density at radius 3 is 2.83 bits per heavy atom. The van der Waals surface area contributed by atoms with Crippen molar-refractivity contribution in [1.29, 1.82) is 0 Å². The molecule has 0 radical (unpaired) electrons. The van der Waals surface area contributed by atoms with Crippen LogP contribution in [0.25, 0.3) is 0 Å². The molecule has 0 aliphatic heterocycles. The molecular formula is C20H28O3.